The lowest BCUT2D eigenvalue weighted by Crippen LogP contribution is -2.33. The molecule has 0 saturated carbocycles. The number of sulfonamides is 1. The second kappa shape index (κ2) is 5.42. The van der Waals surface area contributed by atoms with E-state index in [-0.39, 0.29) is 29.9 Å². The second-order valence-corrected chi connectivity index (χ2v) is 5.74. The summed E-state index contributed by atoms with van der Waals surface area (Å²) < 4.78 is 25.8. The zero-order valence-corrected chi connectivity index (χ0v) is 10.2. The van der Waals surface area contributed by atoms with Crippen molar-refractivity contribution in [3.63, 3.8) is 0 Å². The lowest BCUT2D eigenvalue weighted by atomic mass is 9.97. The number of aliphatic hydroxyl groups excluding tert-OH is 1. The maximum atomic E-state index is 11.7. The van der Waals surface area contributed by atoms with Gasteiger partial charge in [-0.05, 0) is 11.8 Å². The fraction of sp³-hybridized carbons (Fsp3) is 0.667. The Hall–Kier alpha value is -0.920. The van der Waals surface area contributed by atoms with E-state index < -0.39 is 10.0 Å². The van der Waals surface area contributed by atoms with Crippen LogP contribution in [0.5, 0.6) is 0 Å². The van der Waals surface area contributed by atoms with Gasteiger partial charge in [-0.15, -0.1) is 0 Å². The minimum Gasteiger partial charge on any atom is -0.396 e. The van der Waals surface area contributed by atoms with Crippen molar-refractivity contribution in [2.45, 2.75) is 18.7 Å². The zero-order chi connectivity index (χ0) is 12.2. The van der Waals surface area contributed by atoms with Gasteiger partial charge in [-0.1, -0.05) is 13.8 Å². The standard InChI is InChI=1S/C9H17N3O3S/c1-7(2)8(6-13)3-12-16(14,15)9-4-10-11-5-9/h4-5,7-8,12-13H,3,6H2,1-2H3,(H,10,11)/t8-/m0/s1. The van der Waals surface area contributed by atoms with Crippen LogP contribution < -0.4 is 4.72 Å². The molecule has 0 aliphatic carbocycles. The van der Waals surface area contributed by atoms with Crippen molar-refractivity contribution in [2.75, 3.05) is 13.2 Å². The van der Waals surface area contributed by atoms with Crippen LogP contribution in [0.3, 0.4) is 0 Å². The van der Waals surface area contributed by atoms with E-state index in [9.17, 15) is 8.42 Å². The van der Waals surface area contributed by atoms with Crippen molar-refractivity contribution >= 4 is 10.0 Å². The van der Waals surface area contributed by atoms with Gasteiger partial charge in [0.15, 0.2) is 0 Å². The summed E-state index contributed by atoms with van der Waals surface area (Å²) in [7, 11) is -3.51. The molecular formula is C9H17N3O3S. The monoisotopic (exact) mass is 247 g/mol. The maximum absolute atomic E-state index is 11.7. The van der Waals surface area contributed by atoms with Crippen molar-refractivity contribution in [1.82, 2.24) is 14.9 Å². The van der Waals surface area contributed by atoms with Gasteiger partial charge in [-0.3, -0.25) is 5.10 Å². The Morgan fingerprint density at radius 3 is 2.69 bits per heavy atom. The molecule has 0 spiro atoms. The van der Waals surface area contributed by atoms with Crippen molar-refractivity contribution in [1.29, 1.82) is 0 Å². The van der Waals surface area contributed by atoms with E-state index in [0.29, 0.717) is 0 Å². The molecule has 1 rings (SSSR count). The molecule has 0 aliphatic rings. The molecule has 1 aromatic heterocycles. The van der Waals surface area contributed by atoms with E-state index in [1.165, 1.54) is 12.4 Å². The van der Waals surface area contributed by atoms with Crippen LogP contribution in [0.1, 0.15) is 13.8 Å². The molecule has 0 fully saturated rings. The average molecular weight is 247 g/mol. The molecule has 0 unspecified atom stereocenters. The van der Waals surface area contributed by atoms with Crippen molar-refractivity contribution < 1.29 is 13.5 Å². The highest BCUT2D eigenvalue weighted by atomic mass is 32.2. The summed E-state index contributed by atoms with van der Waals surface area (Å²) >= 11 is 0. The van der Waals surface area contributed by atoms with E-state index >= 15 is 0 Å². The topological polar surface area (TPSA) is 95.1 Å². The van der Waals surface area contributed by atoms with Crippen LogP contribution >= 0.6 is 0 Å². The van der Waals surface area contributed by atoms with Crippen molar-refractivity contribution in [3.8, 4) is 0 Å². The minimum atomic E-state index is -3.51. The number of hydrogen-bond donors (Lipinski definition) is 3. The molecule has 6 nitrogen and oxygen atoms in total. The van der Waals surface area contributed by atoms with Crippen LogP contribution in [-0.4, -0.2) is 36.9 Å². The molecular weight excluding hydrogens is 230 g/mol. The molecule has 92 valence electrons. The number of H-pyrrole nitrogens is 1. The molecule has 16 heavy (non-hydrogen) atoms. The molecule has 0 amide bonds. The first kappa shape index (κ1) is 13.1. The zero-order valence-electron chi connectivity index (χ0n) is 9.34. The van der Waals surface area contributed by atoms with Crippen LogP contribution in [0.25, 0.3) is 0 Å². The number of nitrogens with zero attached hydrogens (tertiary/aromatic N) is 1. The summed E-state index contributed by atoms with van der Waals surface area (Å²) in [5.41, 5.74) is 0. The molecule has 0 saturated heterocycles. The highest BCUT2D eigenvalue weighted by molar-refractivity contribution is 7.89. The number of hydrogen-bond acceptors (Lipinski definition) is 4. The van der Waals surface area contributed by atoms with Gasteiger partial charge >= 0.3 is 0 Å². The van der Waals surface area contributed by atoms with Gasteiger partial charge in [-0.25, -0.2) is 13.1 Å². The van der Waals surface area contributed by atoms with Gasteiger partial charge in [0.25, 0.3) is 0 Å². The average Bonchev–Trinajstić information content (AvgIpc) is 2.71. The van der Waals surface area contributed by atoms with E-state index in [0.717, 1.165) is 0 Å². The maximum Gasteiger partial charge on any atom is 0.243 e. The molecule has 1 heterocycles. The summed E-state index contributed by atoms with van der Waals surface area (Å²) in [4.78, 5) is 0.105. The first-order valence-electron chi connectivity index (χ1n) is 5.06. The van der Waals surface area contributed by atoms with Crippen LogP contribution in [0.15, 0.2) is 17.3 Å². The minimum absolute atomic E-state index is 0.0361. The lowest BCUT2D eigenvalue weighted by Gasteiger charge is -2.18. The van der Waals surface area contributed by atoms with Gasteiger partial charge < -0.3 is 5.11 Å². The van der Waals surface area contributed by atoms with Crippen LogP contribution in [0, 0.1) is 11.8 Å². The molecule has 1 aromatic rings. The van der Waals surface area contributed by atoms with Gasteiger partial charge in [0, 0.05) is 19.3 Å². The Morgan fingerprint density at radius 2 is 2.25 bits per heavy atom. The summed E-state index contributed by atoms with van der Waals surface area (Å²) in [6, 6.07) is 0. The van der Waals surface area contributed by atoms with E-state index in [1.54, 1.807) is 0 Å². The van der Waals surface area contributed by atoms with E-state index in [1.807, 2.05) is 13.8 Å². The Labute approximate surface area is 95.1 Å². The first-order chi connectivity index (χ1) is 7.47. The third-order valence-electron chi connectivity index (χ3n) is 2.50. The second-order valence-electron chi connectivity index (χ2n) is 3.97. The number of nitrogens with one attached hydrogen (secondary N) is 2. The number of rotatable bonds is 6. The third kappa shape index (κ3) is 3.29. The predicted octanol–water partition coefficient (Wildman–Crippen LogP) is -0.0475. The Bertz CT molecular complexity index is 400. The molecule has 0 aromatic carbocycles. The molecule has 0 radical (unpaired) electrons. The van der Waals surface area contributed by atoms with Crippen LogP contribution in [0.2, 0.25) is 0 Å². The normalized spacial score (nSPS) is 14.2. The largest absolute Gasteiger partial charge is 0.396 e. The quantitative estimate of drug-likeness (QED) is 0.657. The van der Waals surface area contributed by atoms with Crippen LogP contribution in [0.4, 0.5) is 0 Å². The van der Waals surface area contributed by atoms with Gasteiger partial charge in [0.2, 0.25) is 10.0 Å². The molecule has 1 atom stereocenters. The SMILES string of the molecule is CC(C)[C@H](CO)CNS(=O)(=O)c1cn[nH]c1. The van der Waals surface area contributed by atoms with Crippen molar-refractivity contribution in [3.05, 3.63) is 12.4 Å². The Balaban J connectivity index is 2.61. The van der Waals surface area contributed by atoms with E-state index in [4.69, 9.17) is 5.11 Å². The number of aromatic nitrogens is 2. The van der Waals surface area contributed by atoms with Gasteiger partial charge in [-0.2, -0.15) is 5.10 Å². The smallest absolute Gasteiger partial charge is 0.243 e. The van der Waals surface area contributed by atoms with E-state index in [2.05, 4.69) is 14.9 Å². The van der Waals surface area contributed by atoms with Gasteiger partial charge in [0.1, 0.15) is 4.90 Å². The fourth-order valence-electron chi connectivity index (χ4n) is 1.20. The molecule has 0 bridgehead atoms. The van der Waals surface area contributed by atoms with Crippen molar-refractivity contribution in [2.24, 2.45) is 11.8 Å². The predicted molar refractivity (Wildman–Crippen MR) is 59.2 cm³/mol. The molecule has 7 heteroatoms. The highest BCUT2D eigenvalue weighted by Crippen LogP contribution is 2.10. The Morgan fingerprint density at radius 1 is 1.56 bits per heavy atom. The summed E-state index contributed by atoms with van der Waals surface area (Å²) in [6.45, 7) is 4.06. The lowest BCUT2D eigenvalue weighted by molar-refractivity contribution is 0.191. The van der Waals surface area contributed by atoms with Gasteiger partial charge in [0.05, 0.1) is 6.20 Å². The summed E-state index contributed by atoms with van der Waals surface area (Å²) in [5, 5.41) is 15.1. The summed E-state index contributed by atoms with van der Waals surface area (Å²) in [5.74, 6) is 0.138. The molecule has 3 N–H and O–H groups in total. The fourth-order valence-corrected chi connectivity index (χ4v) is 2.20. The number of aliphatic hydroxyl groups is 1. The Kier molecular flexibility index (Phi) is 4.45. The number of aromatic amines is 1. The first-order valence-corrected chi connectivity index (χ1v) is 6.55. The third-order valence-corrected chi connectivity index (χ3v) is 3.89. The summed E-state index contributed by atoms with van der Waals surface area (Å²) in [6.07, 6.45) is 2.55. The highest BCUT2D eigenvalue weighted by Gasteiger charge is 2.19. The van der Waals surface area contributed by atoms with Crippen LogP contribution in [-0.2, 0) is 10.0 Å². The molecule has 0 aliphatic heterocycles.